The molecule has 214 valence electrons. The molecular weight excluding hydrogens is 554 g/mol. The molecule has 3 heterocycles. The van der Waals surface area contributed by atoms with Crippen molar-refractivity contribution in [3.05, 3.63) is 68.5 Å². The average molecular weight is 588 g/mol. The molecular formula is C28H33N3O7S2. The van der Waals surface area contributed by atoms with Gasteiger partial charge in [0.25, 0.3) is 0 Å². The van der Waals surface area contributed by atoms with Gasteiger partial charge in [0.2, 0.25) is 6.79 Å². The molecule has 1 unspecified atom stereocenters. The molecule has 3 N–H and O–H groups in total. The van der Waals surface area contributed by atoms with Crippen molar-refractivity contribution in [3.8, 4) is 11.5 Å². The zero-order valence-electron chi connectivity index (χ0n) is 22.2. The Morgan fingerprint density at radius 2 is 1.90 bits per heavy atom. The SMILES string of the molecule is CCCC[C@@H](COC(=O)N(Cc1cccs1)C(c1ccc2c(c1)OCO2)c1cccs1)NC(=O)NCCC(=O)O. The van der Waals surface area contributed by atoms with Crippen molar-refractivity contribution in [1.82, 2.24) is 15.5 Å². The van der Waals surface area contributed by atoms with Crippen LogP contribution in [0, 0.1) is 0 Å². The summed E-state index contributed by atoms with van der Waals surface area (Å²) in [5.74, 6) is 0.291. The molecule has 12 heteroatoms. The van der Waals surface area contributed by atoms with Gasteiger partial charge in [0.05, 0.1) is 25.0 Å². The Labute approximate surface area is 240 Å². The molecule has 1 aromatic carbocycles. The number of rotatable bonds is 14. The molecule has 0 bridgehead atoms. The van der Waals surface area contributed by atoms with Gasteiger partial charge in [-0.3, -0.25) is 9.69 Å². The quantitative estimate of drug-likeness (QED) is 0.224. The molecule has 10 nitrogen and oxygen atoms in total. The Morgan fingerprint density at radius 3 is 2.62 bits per heavy atom. The van der Waals surface area contributed by atoms with Crippen molar-refractivity contribution in [3.63, 3.8) is 0 Å². The number of nitrogens with zero attached hydrogens (tertiary/aromatic N) is 1. The Bertz CT molecular complexity index is 1250. The second-order valence-corrected chi connectivity index (χ2v) is 11.2. The van der Waals surface area contributed by atoms with E-state index in [4.69, 9.17) is 19.3 Å². The van der Waals surface area contributed by atoms with Crippen LogP contribution in [0.4, 0.5) is 9.59 Å². The highest BCUT2D eigenvalue weighted by molar-refractivity contribution is 7.10. The fraction of sp³-hybridized carbons (Fsp3) is 0.393. The van der Waals surface area contributed by atoms with Crippen LogP contribution >= 0.6 is 22.7 Å². The molecule has 4 rings (SSSR count). The second-order valence-electron chi connectivity index (χ2n) is 9.20. The predicted molar refractivity (Wildman–Crippen MR) is 152 cm³/mol. The number of thiophene rings is 2. The lowest BCUT2D eigenvalue weighted by molar-refractivity contribution is -0.136. The van der Waals surface area contributed by atoms with Crippen LogP contribution in [0.15, 0.2) is 53.2 Å². The number of carboxylic acid groups (broad SMARTS) is 1. The number of carbonyl (C=O) groups excluding carboxylic acids is 2. The molecule has 40 heavy (non-hydrogen) atoms. The van der Waals surface area contributed by atoms with E-state index in [-0.39, 0.29) is 26.4 Å². The van der Waals surface area contributed by atoms with Gasteiger partial charge in [-0.15, -0.1) is 22.7 Å². The summed E-state index contributed by atoms with van der Waals surface area (Å²) in [6.07, 6.45) is 1.65. The van der Waals surface area contributed by atoms with E-state index < -0.39 is 30.2 Å². The number of aliphatic carboxylic acids is 1. The van der Waals surface area contributed by atoms with Gasteiger partial charge in [-0.1, -0.05) is 38.0 Å². The van der Waals surface area contributed by atoms with Crippen molar-refractivity contribution in [2.75, 3.05) is 19.9 Å². The third kappa shape index (κ3) is 8.12. The molecule has 0 fully saturated rings. The lowest BCUT2D eigenvalue weighted by Gasteiger charge is -2.31. The third-order valence-corrected chi connectivity index (χ3v) is 8.04. The van der Waals surface area contributed by atoms with Crippen molar-refractivity contribution >= 4 is 40.8 Å². The molecule has 1 aliphatic rings. The van der Waals surface area contributed by atoms with Crippen LogP contribution in [0.3, 0.4) is 0 Å². The summed E-state index contributed by atoms with van der Waals surface area (Å²) >= 11 is 3.10. The van der Waals surface area contributed by atoms with Crippen LogP contribution in [0.25, 0.3) is 0 Å². The van der Waals surface area contributed by atoms with Crippen LogP contribution in [-0.4, -0.2) is 54.1 Å². The summed E-state index contributed by atoms with van der Waals surface area (Å²) in [5.41, 5.74) is 0.860. The van der Waals surface area contributed by atoms with Crippen LogP contribution in [0.1, 0.15) is 54.0 Å². The van der Waals surface area contributed by atoms with Gasteiger partial charge >= 0.3 is 18.1 Å². The summed E-state index contributed by atoms with van der Waals surface area (Å²) in [7, 11) is 0. The van der Waals surface area contributed by atoms with E-state index in [9.17, 15) is 14.4 Å². The number of carbonyl (C=O) groups is 3. The number of nitrogens with one attached hydrogen (secondary N) is 2. The van der Waals surface area contributed by atoms with Crippen LogP contribution in [0.2, 0.25) is 0 Å². The van der Waals surface area contributed by atoms with E-state index in [0.29, 0.717) is 24.5 Å². The fourth-order valence-corrected chi connectivity index (χ4v) is 5.85. The Morgan fingerprint density at radius 1 is 1.10 bits per heavy atom. The van der Waals surface area contributed by atoms with E-state index in [1.54, 1.807) is 27.6 Å². The maximum absolute atomic E-state index is 13.8. The van der Waals surface area contributed by atoms with E-state index in [1.165, 1.54) is 0 Å². The first kappa shape index (κ1) is 29.2. The smallest absolute Gasteiger partial charge is 0.410 e. The molecule has 1 aliphatic heterocycles. The highest BCUT2D eigenvalue weighted by atomic mass is 32.1. The molecule has 2 aromatic heterocycles. The van der Waals surface area contributed by atoms with Gasteiger partial charge in [0.1, 0.15) is 6.61 Å². The first-order chi connectivity index (χ1) is 19.4. The number of benzene rings is 1. The van der Waals surface area contributed by atoms with Crippen LogP contribution in [-0.2, 0) is 16.1 Å². The lowest BCUT2D eigenvalue weighted by atomic mass is 10.0. The minimum absolute atomic E-state index is 0.00801. The summed E-state index contributed by atoms with van der Waals surface area (Å²) in [5, 5.41) is 18.1. The van der Waals surface area contributed by atoms with Gasteiger partial charge in [0.15, 0.2) is 11.5 Å². The van der Waals surface area contributed by atoms with E-state index in [1.807, 2.05) is 60.1 Å². The highest BCUT2D eigenvalue weighted by Gasteiger charge is 2.31. The van der Waals surface area contributed by atoms with E-state index in [0.717, 1.165) is 28.2 Å². The largest absolute Gasteiger partial charge is 0.481 e. The van der Waals surface area contributed by atoms with Crippen LogP contribution < -0.4 is 20.1 Å². The fourth-order valence-electron chi connectivity index (χ4n) is 4.28. The molecule has 3 aromatic rings. The molecule has 2 atom stereocenters. The van der Waals surface area contributed by atoms with Crippen molar-refractivity contribution in [1.29, 1.82) is 0 Å². The number of carboxylic acids is 1. The standard InChI is InChI=1S/C28H33N3O7S2/c1-2-3-6-20(30-27(34)29-12-11-25(32)33)17-36-28(35)31(16-21-7-4-13-39-21)26(24-8-5-14-40-24)19-9-10-22-23(15-19)38-18-37-22/h4-5,7-10,13-15,20,26H,2-3,6,11-12,16-18H2,1H3,(H,32,33)(H2,29,30,34)/t20-,26?/m0/s1. The van der Waals surface area contributed by atoms with E-state index in [2.05, 4.69) is 10.6 Å². The summed E-state index contributed by atoms with van der Waals surface area (Å²) in [6.45, 7) is 2.50. The van der Waals surface area contributed by atoms with Gasteiger partial charge in [-0.05, 0) is 47.0 Å². The van der Waals surface area contributed by atoms with Crippen molar-refractivity contribution in [2.45, 2.75) is 51.2 Å². The Balaban J connectivity index is 1.53. The first-order valence-corrected chi connectivity index (χ1v) is 14.9. The zero-order chi connectivity index (χ0) is 28.3. The summed E-state index contributed by atoms with van der Waals surface area (Å²) in [6, 6.07) is 12.2. The minimum atomic E-state index is -0.995. The van der Waals surface area contributed by atoms with Gasteiger partial charge < -0.3 is 30.0 Å². The van der Waals surface area contributed by atoms with Crippen molar-refractivity contribution < 1.29 is 33.7 Å². The van der Waals surface area contributed by atoms with Gasteiger partial charge in [0, 0.05) is 16.3 Å². The lowest BCUT2D eigenvalue weighted by Crippen LogP contribution is -2.46. The minimum Gasteiger partial charge on any atom is -0.481 e. The van der Waals surface area contributed by atoms with E-state index >= 15 is 0 Å². The number of fused-ring (bicyclic) bond motifs is 1. The highest BCUT2D eigenvalue weighted by Crippen LogP contribution is 2.40. The first-order valence-electron chi connectivity index (χ1n) is 13.1. The van der Waals surface area contributed by atoms with Gasteiger partial charge in [-0.25, -0.2) is 9.59 Å². The third-order valence-electron chi connectivity index (χ3n) is 6.25. The second kappa shape index (κ2) is 14.6. The number of ether oxygens (including phenoxy) is 3. The number of urea groups is 1. The molecule has 0 spiro atoms. The molecule has 0 radical (unpaired) electrons. The average Bonchev–Trinajstić information content (AvgIpc) is 3.72. The Hall–Kier alpha value is -3.77. The normalized spacial score (nSPS) is 13.3. The van der Waals surface area contributed by atoms with Crippen LogP contribution in [0.5, 0.6) is 11.5 Å². The molecule has 3 amide bonds. The number of hydrogen-bond donors (Lipinski definition) is 3. The maximum atomic E-state index is 13.8. The predicted octanol–water partition coefficient (Wildman–Crippen LogP) is 5.60. The Kier molecular flexibility index (Phi) is 10.6. The number of unbranched alkanes of at least 4 members (excludes halogenated alkanes) is 1. The molecule has 0 aliphatic carbocycles. The topological polar surface area (TPSA) is 126 Å². The summed E-state index contributed by atoms with van der Waals surface area (Å²) < 4.78 is 17.0. The maximum Gasteiger partial charge on any atom is 0.410 e. The molecule has 0 saturated carbocycles. The monoisotopic (exact) mass is 587 g/mol. The van der Waals surface area contributed by atoms with Crippen molar-refractivity contribution in [2.24, 2.45) is 0 Å². The van der Waals surface area contributed by atoms with Gasteiger partial charge in [-0.2, -0.15) is 0 Å². The molecule has 0 saturated heterocycles. The summed E-state index contributed by atoms with van der Waals surface area (Å²) in [4.78, 5) is 40.5. The number of amides is 3. The number of hydrogen-bond acceptors (Lipinski definition) is 8. The zero-order valence-corrected chi connectivity index (χ0v) is 23.8.